The first-order chi connectivity index (χ1) is 9.41. The number of carbonyl (C=O) groups excluding carboxylic acids is 1. The van der Waals surface area contributed by atoms with Gasteiger partial charge in [-0.1, -0.05) is 6.92 Å². The molecule has 1 amide bonds. The fourth-order valence-corrected chi connectivity index (χ4v) is 4.89. The van der Waals surface area contributed by atoms with Crippen molar-refractivity contribution >= 4 is 16.1 Å². The number of hydrogen-bond acceptors (Lipinski definition) is 4. The minimum atomic E-state index is -3.61. The van der Waals surface area contributed by atoms with E-state index in [4.69, 9.17) is 5.73 Å². The second kappa shape index (κ2) is 6.38. The molecule has 8 heteroatoms. The van der Waals surface area contributed by atoms with Crippen molar-refractivity contribution in [2.75, 3.05) is 32.7 Å². The number of nitrogens with one attached hydrogen (secondary N) is 1. The number of hydrogen-bond donors (Lipinski definition) is 2. The normalized spacial score (nSPS) is 28.9. The van der Waals surface area contributed by atoms with Crippen LogP contribution in [0.2, 0.25) is 0 Å². The number of nitrogens with zero attached hydrogens (tertiary/aromatic N) is 2. The summed E-state index contributed by atoms with van der Waals surface area (Å²) in [7, 11) is -3.61. The molecule has 116 valence electrons. The van der Waals surface area contributed by atoms with Gasteiger partial charge in [-0.05, 0) is 31.7 Å². The largest absolute Gasteiger partial charge is 0.369 e. The summed E-state index contributed by atoms with van der Waals surface area (Å²) in [5.74, 6) is -0.249. The third kappa shape index (κ3) is 3.49. The Morgan fingerprint density at radius 3 is 2.75 bits per heavy atom. The first-order valence-electron chi connectivity index (χ1n) is 7.17. The Kier molecular flexibility index (Phi) is 5.00. The zero-order chi connectivity index (χ0) is 14.8. The van der Waals surface area contributed by atoms with Crippen molar-refractivity contribution in [3.8, 4) is 0 Å². The lowest BCUT2D eigenvalue weighted by Crippen LogP contribution is -2.54. The predicted octanol–water partition coefficient (Wildman–Crippen LogP) is -0.888. The van der Waals surface area contributed by atoms with Crippen molar-refractivity contribution in [1.82, 2.24) is 13.9 Å². The maximum absolute atomic E-state index is 12.8. The molecule has 2 rings (SSSR count). The Morgan fingerprint density at radius 2 is 2.20 bits per heavy atom. The molecule has 2 aliphatic rings. The summed E-state index contributed by atoms with van der Waals surface area (Å²) >= 11 is 0. The van der Waals surface area contributed by atoms with Crippen LogP contribution in [0.1, 0.15) is 26.2 Å². The number of primary amides is 1. The third-order valence-electron chi connectivity index (χ3n) is 4.00. The molecule has 2 atom stereocenters. The zero-order valence-electron chi connectivity index (χ0n) is 11.9. The molecule has 0 aromatic carbocycles. The van der Waals surface area contributed by atoms with E-state index >= 15 is 0 Å². The van der Waals surface area contributed by atoms with E-state index in [-0.39, 0.29) is 12.6 Å². The van der Waals surface area contributed by atoms with Crippen LogP contribution in [-0.2, 0) is 15.0 Å². The van der Waals surface area contributed by atoms with E-state index in [1.165, 1.54) is 8.61 Å². The van der Waals surface area contributed by atoms with E-state index in [2.05, 4.69) is 12.2 Å². The van der Waals surface area contributed by atoms with Gasteiger partial charge in [-0.2, -0.15) is 17.0 Å². The highest BCUT2D eigenvalue weighted by atomic mass is 32.2. The van der Waals surface area contributed by atoms with Gasteiger partial charge in [-0.25, -0.2) is 0 Å². The summed E-state index contributed by atoms with van der Waals surface area (Å²) in [6.07, 6.45) is 2.64. The lowest BCUT2D eigenvalue weighted by molar-refractivity contribution is -0.118. The predicted molar refractivity (Wildman–Crippen MR) is 76.1 cm³/mol. The van der Waals surface area contributed by atoms with Crippen molar-refractivity contribution < 1.29 is 13.2 Å². The lowest BCUT2D eigenvalue weighted by atomic mass is 10.0. The van der Waals surface area contributed by atoms with Crippen LogP contribution in [0.5, 0.6) is 0 Å². The highest BCUT2D eigenvalue weighted by Gasteiger charge is 2.38. The van der Waals surface area contributed by atoms with Gasteiger partial charge in [-0.3, -0.25) is 4.79 Å². The summed E-state index contributed by atoms with van der Waals surface area (Å²) in [5, 5.41) is 3.13. The molecular formula is C12H24N4O3S. The molecule has 7 nitrogen and oxygen atoms in total. The van der Waals surface area contributed by atoms with Crippen LogP contribution in [0.3, 0.4) is 0 Å². The number of carbonyl (C=O) groups is 1. The number of piperidine rings is 1. The Balaban J connectivity index is 2.18. The van der Waals surface area contributed by atoms with Crippen molar-refractivity contribution in [1.29, 1.82) is 0 Å². The maximum atomic E-state index is 12.8. The molecule has 2 saturated heterocycles. The molecule has 0 aromatic rings. The van der Waals surface area contributed by atoms with Gasteiger partial charge in [0.1, 0.15) is 0 Å². The SMILES string of the molecule is CC1CCCN(S(=O)(=O)N(CC(N)=O)C2CCNC2)C1. The molecule has 20 heavy (non-hydrogen) atoms. The fraction of sp³-hybridized carbons (Fsp3) is 0.917. The molecule has 2 heterocycles. The Bertz CT molecular complexity index is 448. The fourth-order valence-electron chi connectivity index (χ4n) is 2.94. The molecule has 2 aliphatic heterocycles. The zero-order valence-corrected chi connectivity index (χ0v) is 12.7. The Morgan fingerprint density at radius 1 is 1.45 bits per heavy atom. The number of nitrogens with two attached hydrogens (primary N) is 1. The molecule has 0 spiro atoms. The molecule has 0 saturated carbocycles. The maximum Gasteiger partial charge on any atom is 0.282 e. The first kappa shape index (κ1) is 15.7. The van der Waals surface area contributed by atoms with Crippen LogP contribution in [-0.4, -0.2) is 61.7 Å². The topological polar surface area (TPSA) is 95.7 Å². The van der Waals surface area contributed by atoms with Gasteiger partial charge >= 0.3 is 0 Å². The third-order valence-corrected chi connectivity index (χ3v) is 6.00. The first-order valence-corrected chi connectivity index (χ1v) is 8.57. The van der Waals surface area contributed by atoms with Crippen molar-refractivity contribution in [3.63, 3.8) is 0 Å². The van der Waals surface area contributed by atoms with Gasteiger partial charge in [0, 0.05) is 25.7 Å². The van der Waals surface area contributed by atoms with Gasteiger partial charge in [0.05, 0.1) is 6.54 Å². The van der Waals surface area contributed by atoms with Crippen LogP contribution in [0, 0.1) is 5.92 Å². The quantitative estimate of drug-likeness (QED) is 0.689. The van der Waals surface area contributed by atoms with Crippen LogP contribution in [0.4, 0.5) is 0 Å². The summed E-state index contributed by atoms with van der Waals surface area (Å²) in [6.45, 7) is 4.22. The minimum Gasteiger partial charge on any atom is -0.369 e. The van der Waals surface area contributed by atoms with Crippen molar-refractivity contribution in [2.24, 2.45) is 11.7 Å². The molecular weight excluding hydrogens is 280 g/mol. The lowest BCUT2D eigenvalue weighted by Gasteiger charge is -2.36. The highest BCUT2D eigenvalue weighted by Crippen LogP contribution is 2.23. The minimum absolute atomic E-state index is 0.176. The summed E-state index contributed by atoms with van der Waals surface area (Å²) < 4.78 is 28.3. The van der Waals surface area contributed by atoms with Crippen LogP contribution >= 0.6 is 0 Å². The molecule has 0 bridgehead atoms. The standard InChI is InChI=1S/C12H24N4O3S/c1-10-3-2-6-15(8-10)20(18,19)16(9-12(13)17)11-4-5-14-7-11/h10-11,14H,2-9H2,1H3,(H2,13,17). The average Bonchev–Trinajstić information content (AvgIpc) is 2.89. The molecule has 0 aromatic heterocycles. The van der Waals surface area contributed by atoms with E-state index in [1.807, 2.05) is 0 Å². The summed E-state index contributed by atoms with van der Waals surface area (Å²) in [4.78, 5) is 11.2. The molecule has 0 aliphatic carbocycles. The van der Waals surface area contributed by atoms with Crippen LogP contribution < -0.4 is 11.1 Å². The Hall–Kier alpha value is -0.700. The second-order valence-corrected chi connectivity index (χ2v) is 7.65. The van der Waals surface area contributed by atoms with Gasteiger partial charge in [0.2, 0.25) is 5.91 Å². The van der Waals surface area contributed by atoms with Gasteiger partial charge < -0.3 is 11.1 Å². The Labute approximate surface area is 120 Å². The monoisotopic (exact) mass is 304 g/mol. The second-order valence-electron chi connectivity index (χ2n) is 5.77. The van der Waals surface area contributed by atoms with Gasteiger partial charge in [0.15, 0.2) is 0 Å². The number of rotatable bonds is 5. The smallest absolute Gasteiger partial charge is 0.282 e. The average molecular weight is 304 g/mol. The van der Waals surface area contributed by atoms with Crippen LogP contribution in [0.25, 0.3) is 0 Å². The molecule has 2 unspecified atom stereocenters. The summed E-state index contributed by atoms with van der Waals surface area (Å²) in [6, 6.07) is -0.176. The van der Waals surface area contributed by atoms with E-state index in [0.717, 1.165) is 25.8 Å². The van der Waals surface area contributed by atoms with Crippen LogP contribution in [0.15, 0.2) is 0 Å². The molecule has 2 fully saturated rings. The summed E-state index contributed by atoms with van der Waals surface area (Å²) in [5.41, 5.74) is 5.23. The van der Waals surface area contributed by atoms with E-state index < -0.39 is 16.1 Å². The molecule has 0 radical (unpaired) electrons. The number of amides is 1. The van der Waals surface area contributed by atoms with Crippen molar-refractivity contribution in [2.45, 2.75) is 32.2 Å². The van der Waals surface area contributed by atoms with Gasteiger partial charge in [0.25, 0.3) is 10.2 Å². The highest BCUT2D eigenvalue weighted by molar-refractivity contribution is 7.86. The molecule has 3 N–H and O–H groups in total. The van der Waals surface area contributed by atoms with E-state index in [9.17, 15) is 13.2 Å². The van der Waals surface area contributed by atoms with Crippen molar-refractivity contribution in [3.05, 3.63) is 0 Å². The van der Waals surface area contributed by atoms with Gasteiger partial charge in [-0.15, -0.1) is 0 Å². The van der Waals surface area contributed by atoms with E-state index in [0.29, 0.717) is 25.6 Å². The van der Waals surface area contributed by atoms with E-state index in [1.54, 1.807) is 0 Å².